The van der Waals surface area contributed by atoms with Gasteiger partial charge in [-0.3, -0.25) is 4.79 Å². The zero-order valence-electron chi connectivity index (χ0n) is 15.8. The summed E-state index contributed by atoms with van der Waals surface area (Å²) >= 11 is 0. The highest BCUT2D eigenvalue weighted by atomic mass is 19.4. The lowest BCUT2D eigenvalue weighted by atomic mass is 10.2. The van der Waals surface area contributed by atoms with Crippen molar-refractivity contribution in [1.29, 1.82) is 0 Å². The van der Waals surface area contributed by atoms with E-state index >= 15 is 0 Å². The molecule has 1 aromatic carbocycles. The van der Waals surface area contributed by atoms with E-state index in [2.05, 4.69) is 4.98 Å². The van der Waals surface area contributed by atoms with Gasteiger partial charge < -0.3 is 14.5 Å². The maximum atomic E-state index is 13.0. The van der Waals surface area contributed by atoms with E-state index < -0.39 is 17.8 Å². The van der Waals surface area contributed by atoms with Gasteiger partial charge in [0.15, 0.2) is 6.10 Å². The van der Waals surface area contributed by atoms with Crippen molar-refractivity contribution < 1.29 is 27.1 Å². The summed E-state index contributed by atoms with van der Waals surface area (Å²) < 4.78 is 56.6. The fraction of sp³-hybridized carbons (Fsp3) is 0.400. The standard InChI is InChI=1S/C20H21F4N3O2/c1-14(29-17-6-4-16(21)5-7-17)19(28)27-10-2-9-26(11-12-27)18-8-3-15(13-25-18)20(22,23)24/h3-8,13-14H,2,9-12H2,1H3. The van der Waals surface area contributed by atoms with E-state index in [4.69, 9.17) is 4.74 Å². The Hall–Kier alpha value is -2.84. The van der Waals surface area contributed by atoms with Crippen LogP contribution in [0, 0.1) is 5.82 Å². The Morgan fingerprint density at radius 2 is 1.79 bits per heavy atom. The summed E-state index contributed by atoms with van der Waals surface area (Å²) in [5.74, 6) is 0.262. The van der Waals surface area contributed by atoms with Gasteiger partial charge in [0.1, 0.15) is 17.4 Å². The van der Waals surface area contributed by atoms with Gasteiger partial charge in [-0.15, -0.1) is 0 Å². The molecule has 0 bridgehead atoms. The zero-order chi connectivity index (χ0) is 21.0. The van der Waals surface area contributed by atoms with Crippen molar-refractivity contribution in [3.05, 3.63) is 54.0 Å². The molecule has 0 N–H and O–H groups in total. The van der Waals surface area contributed by atoms with E-state index in [-0.39, 0.29) is 11.7 Å². The second-order valence-corrected chi connectivity index (χ2v) is 6.78. The van der Waals surface area contributed by atoms with Crippen LogP contribution in [0.25, 0.3) is 0 Å². The number of amides is 1. The van der Waals surface area contributed by atoms with Crippen LogP contribution in [0.1, 0.15) is 18.9 Å². The van der Waals surface area contributed by atoms with Gasteiger partial charge in [0.25, 0.3) is 5.91 Å². The summed E-state index contributed by atoms with van der Waals surface area (Å²) in [4.78, 5) is 20.1. The Morgan fingerprint density at radius 1 is 1.07 bits per heavy atom. The normalized spacial score (nSPS) is 16.3. The molecular formula is C20H21F4N3O2. The third kappa shape index (κ3) is 5.36. The first-order valence-corrected chi connectivity index (χ1v) is 9.23. The second kappa shape index (κ2) is 8.67. The number of aromatic nitrogens is 1. The number of benzene rings is 1. The number of alkyl halides is 3. The largest absolute Gasteiger partial charge is 0.481 e. The van der Waals surface area contributed by atoms with Crippen LogP contribution >= 0.6 is 0 Å². The van der Waals surface area contributed by atoms with Crippen molar-refractivity contribution in [2.24, 2.45) is 0 Å². The molecule has 2 aromatic rings. The van der Waals surface area contributed by atoms with Crippen molar-refractivity contribution in [3.8, 4) is 5.75 Å². The molecule has 1 saturated heterocycles. The molecule has 2 heterocycles. The first-order valence-electron chi connectivity index (χ1n) is 9.23. The van der Waals surface area contributed by atoms with Crippen molar-refractivity contribution >= 4 is 11.7 Å². The van der Waals surface area contributed by atoms with E-state index in [9.17, 15) is 22.4 Å². The van der Waals surface area contributed by atoms with E-state index in [0.717, 1.165) is 12.3 Å². The Bertz CT molecular complexity index is 825. The molecule has 9 heteroatoms. The Morgan fingerprint density at radius 3 is 2.41 bits per heavy atom. The van der Waals surface area contributed by atoms with Crippen LogP contribution < -0.4 is 9.64 Å². The minimum absolute atomic E-state index is 0.198. The number of nitrogens with zero attached hydrogens (tertiary/aromatic N) is 3. The minimum atomic E-state index is -4.42. The van der Waals surface area contributed by atoms with Crippen LogP contribution in [0.5, 0.6) is 5.75 Å². The average Bonchev–Trinajstić information content (AvgIpc) is 2.95. The molecule has 1 unspecified atom stereocenters. The lowest BCUT2D eigenvalue weighted by Gasteiger charge is -2.25. The lowest BCUT2D eigenvalue weighted by Crippen LogP contribution is -2.42. The van der Waals surface area contributed by atoms with Gasteiger partial charge in [-0.1, -0.05) is 0 Å². The van der Waals surface area contributed by atoms with E-state index in [1.165, 1.54) is 30.3 Å². The molecule has 1 aromatic heterocycles. The number of anilines is 1. The average molecular weight is 411 g/mol. The van der Waals surface area contributed by atoms with E-state index in [1.807, 2.05) is 4.90 Å². The number of ether oxygens (including phenoxy) is 1. The van der Waals surface area contributed by atoms with Gasteiger partial charge in [-0.2, -0.15) is 13.2 Å². The number of halogens is 4. The van der Waals surface area contributed by atoms with Gasteiger partial charge in [0.05, 0.1) is 5.56 Å². The molecule has 1 aliphatic rings. The maximum absolute atomic E-state index is 13.0. The highest BCUT2D eigenvalue weighted by Crippen LogP contribution is 2.29. The summed E-state index contributed by atoms with van der Waals surface area (Å²) in [5.41, 5.74) is -0.792. The van der Waals surface area contributed by atoms with E-state index in [0.29, 0.717) is 44.2 Å². The SMILES string of the molecule is CC(Oc1ccc(F)cc1)C(=O)N1CCCN(c2ccc(C(F)(F)F)cn2)CC1. The van der Waals surface area contributed by atoms with Crippen LogP contribution in [0.3, 0.4) is 0 Å². The molecular weight excluding hydrogens is 390 g/mol. The predicted octanol–water partition coefficient (Wildman–Crippen LogP) is 3.75. The monoisotopic (exact) mass is 411 g/mol. The van der Waals surface area contributed by atoms with Crippen LogP contribution in [0.15, 0.2) is 42.6 Å². The van der Waals surface area contributed by atoms with Gasteiger partial charge in [-0.25, -0.2) is 9.37 Å². The highest BCUT2D eigenvalue weighted by molar-refractivity contribution is 5.81. The molecule has 1 fully saturated rings. The van der Waals surface area contributed by atoms with Crippen LogP contribution in [0.4, 0.5) is 23.4 Å². The minimum Gasteiger partial charge on any atom is -0.481 e. The molecule has 0 aliphatic carbocycles. The fourth-order valence-electron chi connectivity index (χ4n) is 3.13. The van der Waals surface area contributed by atoms with Gasteiger partial charge >= 0.3 is 6.18 Å². The molecule has 29 heavy (non-hydrogen) atoms. The molecule has 5 nitrogen and oxygen atoms in total. The summed E-state index contributed by atoms with van der Waals surface area (Å²) in [6.45, 7) is 3.57. The molecule has 1 amide bonds. The number of pyridine rings is 1. The molecule has 3 rings (SSSR count). The number of hydrogen-bond donors (Lipinski definition) is 0. The van der Waals surface area contributed by atoms with Crippen molar-refractivity contribution in [2.75, 3.05) is 31.1 Å². The smallest absolute Gasteiger partial charge is 0.417 e. The first-order chi connectivity index (χ1) is 13.7. The second-order valence-electron chi connectivity index (χ2n) is 6.78. The third-order valence-electron chi connectivity index (χ3n) is 4.68. The molecule has 1 aliphatic heterocycles. The molecule has 0 saturated carbocycles. The number of hydrogen-bond acceptors (Lipinski definition) is 4. The van der Waals surface area contributed by atoms with Crippen molar-refractivity contribution in [2.45, 2.75) is 25.6 Å². The topological polar surface area (TPSA) is 45.7 Å². The summed E-state index contributed by atoms with van der Waals surface area (Å²) in [6.07, 6.45) is -3.69. The quantitative estimate of drug-likeness (QED) is 0.719. The highest BCUT2D eigenvalue weighted by Gasteiger charge is 2.31. The van der Waals surface area contributed by atoms with Gasteiger partial charge in [-0.05, 0) is 49.7 Å². The Kier molecular flexibility index (Phi) is 6.24. The fourth-order valence-corrected chi connectivity index (χ4v) is 3.13. The summed E-state index contributed by atoms with van der Waals surface area (Å²) in [5, 5.41) is 0. The molecule has 1 atom stereocenters. The van der Waals surface area contributed by atoms with Gasteiger partial charge in [0, 0.05) is 32.4 Å². The third-order valence-corrected chi connectivity index (χ3v) is 4.68. The van der Waals surface area contributed by atoms with Crippen molar-refractivity contribution in [1.82, 2.24) is 9.88 Å². The van der Waals surface area contributed by atoms with E-state index in [1.54, 1.807) is 11.8 Å². The number of carbonyl (C=O) groups excluding carboxylic acids is 1. The number of rotatable bonds is 4. The number of carbonyl (C=O) groups is 1. The zero-order valence-corrected chi connectivity index (χ0v) is 15.8. The van der Waals surface area contributed by atoms with Crippen molar-refractivity contribution in [3.63, 3.8) is 0 Å². The Balaban J connectivity index is 1.58. The van der Waals surface area contributed by atoms with Crippen LogP contribution in [0.2, 0.25) is 0 Å². The lowest BCUT2D eigenvalue weighted by molar-refractivity contribution is -0.138. The van der Waals surface area contributed by atoms with Crippen LogP contribution in [-0.2, 0) is 11.0 Å². The first kappa shape index (κ1) is 20.9. The molecule has 0 spiro atoms. The molecule has 0 radical (unpaired) electrons. The predicted molar refractivity (Wildman–Crippen MR) is 99.1 cm³/mol. The summed E-state index contributed by atoms with van der Waals surface area (Å²) in [6, 6.07) is 7.79. The maximum Gasteiger partial charge on any atom is 0.417 e. The van der Waals surface area contributed by atoms with Gasteiger partial charge in [0.2, 0.25) is 0 Å². The molecule has 156 valence electrons. The summed E-state index contributed by atoms with van der Waals surface area (Å²) in [7, 11) is 0. The van der Waals surface area contributed by atoms with Crippen LogP contribution in [-0.4, -0.2) is 48.1 Å². The Labute approximate surface area is 165 Å².